The van der Waals surface area contributed by atoms with E-state index in [0.717, 1.165) is 6.42 Å². The summed E-state index contributed by atoms with van der Waals surface area (Å²) < 4.78 is 53.1. The van der Waals surface area contributed by atoms with Crippen LogP contribution < -0.4 is 0 Å². The van der Waals surface area contributed by atoms with Gasteiger partial charge in [0.1, 0.15) is 0 Å². The Hall–Kier alpha value is -0.330. The molecule has 0 spiro atoms. The Morgan fingerprint density at radius 2 is 1.82 bits per heavy atom. The van der Waals surface area contributed by atoms with E-state index < -0.39 is 24.2 Å². The van der Waals surface area contributed by atoms with Gasteiger partial charge in [0.05, 0.1) is 6.10 Å². The lowest BCUT2D eigenvalue weighted by atomic mass is 10.1. The number of rotatable bonds is 5. The number of ether oxygens (including phenoxy) is 3. The molecule has 0 amide bonds. The molecule has 0 aromatic rings. The molecular weight excluding hydrogens is 237 g/mol. The van der Waals surface area contributed by atoms with Crippen molar-refractivity contribution in [3.05, 3.63) is 0 Å². The summed E-state index contributed by atoms with van der Waals surface area (Å²) in [6.07, 6.45) is -5.43. The van der Waals surface area contributed by atoms with Crippen LogP contribution in [0.3, 0.4) is 0 Å². The Balaban J connectivity index is 2.50. The third-order valence-corrected chi connectivity index (χ3v) is 2.59. The van der Waals surface area contributed by atoms with E-state index in [1.54, 1.807) is 7.11 Å². The highest BCUT2D eigenvalue weighted by molar-refractivity contribution is 4.86. The summed E-state index contributed by atoms with van der Waals surface area (Å²) in [5.41, 5.74) is 0. The van der Waals surface area contributed by atoms with Crippen molar-refractivity contribution < 1.29 is 27.4 Å². The molecular formula is C11H19F3O3. The van der Waals surface area contributed by atoms with Crippen LogP contribution >= 0.6 is 0 Å². The van der Waals surface area contributed by atoms with Crippen molar-refractivity contribution in [2.24, 2.45) is 0 Å². The van der Waals surface area contributed by atoms with E-state index in [9.17, 15) is 13.2 Å². The Bertz CT molecular complexity index is 241. The molecule has 0 N–H and O–H groups in total. The summed E-state index contributed by atoms with van der Waals surface area (Å²) in [7, 11) is 1.57. The van der Waals surface area contributed by atoms with E-state index in [-0.39, 0.29) is 0 Å². The van der Waals surface area contributed by atoms with Gasteiger partial charge in [-0.1, -0.05) is 0 Å². The van der Waals surface area contributed by atoms with Crippen LogP contribution in [0.15, 0.2) is 0 Å². The lowest BCUT2D eigenvalue weighted by molar-refractivity contribution is -0.233. The first-order chi connectivity index (χ1) is 7.76. The first-order valence-corrected chi connectivity index (χ1v) is 5.67. The Labute approximate surface area is 99.2 Å². The summed E-state index contributed by atoms with van der Waals surface area (Å²) in [6.45, 7) is 3.55. The van der Waals surface area contributed by atoms with Crippen molar-refractivity contribution in [2.75, 3.05) is 13.7 Å². The van der Waals surface area contributed by atoms with Gasteiger partial charge in [0.25, 0.3) is 0 Å². The van der Waals surface area contributed by atoms with Crippen molar-refractivity contribution in [3.8, 4) is 0 Å². The van der Waals surface area contributed by atoms with Crippen LogP contribution in [0, 0.1) is 0 Å². The molecule has 1 saturated heterocycles. The maximum Gasteiger partial charge on any atom is 0.417 e. The fourth-order valence-corrected chi connectivity index (χ4v) is 1.92. The second-order valence-electron chi connectivity index (χ2n) is 4.62. The number of alkyl halides is 3. The van der Waals surface area contributed by atoms with Gasteiger partial charge >= 0.3 is 6.18 Å². The minimum absolute atomic E-state index is 0.330. The predicted octanol–water partition coefficient (Wildman–Crippen LogP) is 2.89. The van der Waals surface area contributed by atoms with Gasteiger partial charge in [-0.05, 0) is 33.1 Å². The monoisotopic (exact) mass is 256 g/mol. The third kappa shape index (κ3) is 4.44. The number of halogens is 3. The SMILES string of the molecule is COCCCC[C@@H]1OC(C)(C)O[C@@H]1C(F)(F)F. The second kappa shape index (κ2) is 5.54. The molecule has 0 radical (unpaired) electrons. The fraction of sp³-hybridized carbons (Fsp3) is 1.00. The molecule has 1 aliphatic rings. The molecule has 0 unspecified atom stereocenters. The first kappa shape index (κ1) is 14.7. The smallest absolute Gasteiger partial charge is 0.385 e. The van der Waals surface area contributed by atoms with Crippen molar-refractivity contribution in [1.82, 2.24) is 0 Å². The van der Waals surface area contributed by atoms with Crippen LogP contribution in [0.5, 0.6) is 0 Å². The zero-order valence-corrected chi connectivity index (χ0v) is 10.3. The van der Waals surface area contributed by atoms with Gasteiger partial charge in [-0.2, -0.15) is 13.2 Å². The molecule has 17 heavy (non-hydrogen) atoms. The summed E-state index contributed by atoms with van der Waals surface area (Å²) in [6, 6.07) is 0. The zero-order chi connectivity index (χ0) is 13.1. The number of hydrogen-bond acceptors (Lipinski definition) is 3. The zero-order valence-electron chi connectivity index (χ0n) is 10.3. The topological polar surface area (TPSA) is 27.7 Å². The molecule has 0 aliphatic carbocycles. The maximum absolute atomic E-state index is 12.7. The second-order valence-corrected chi connectivity index (χ2v) is 4.62. The third-order valence-electron chi connectivity index (χ3n) is 2.59. The van der Waals surface area contributed by atoms with Crippen molar-refractivity contribution in [1.29, 1.82) is 0 Å². The average Bonchev–Trinajstić information content (AvgIpc) is 2.48. The lowest BCUT2D eigenvalue weighted by Crippen LogP contribution is -2.37. The number of unbranched alkanes of at least 4 members (excludes halogenated alkanes) is 1. The summed E-state index contributed by atoms with van der Waals surface area (Å²) in [4.78, 5) is 0. The van der Waals surface area contributed by atoms with Gasteiger partial charge in [-0.3, -0.25) is 0 Å². The summed E-state index contributed by atoms with van der Waals surface area (Å²) in [5, 5.41) is 0. The fourth-order valence-electron chi connectivity index (χ4n) is 1.92. The summed E-state index contributed by atoms with van der Waals surface area (Å²) in [5.74, 6) is -1.16. The van der Waals surface area contributed by atoms with Gasteiger partial charge in [0.2, 0.25) is 0 Å². The molecule has 102 valence electrons. The van der Waals surface area contributed by atoms with Crippen LogP contribution in [-0.2, 0) is 14.2 Å². The molecule has 1 rings (SSSR count). The summed E-state index contributed by atoms with van der Waals surface area (Å²) >= 11 is 0. The highest BCUT2D eigenvalue weighted by Gasteiger charge is 2.54. The van der Waals surface area contributed by atoms with Crippen LogP contribution in [0.2, 0.25) is 0 Å². The molecule has 3 nitrogen and oxygen atoms in total. The highest BCUT2D eigenvalue weighted by Crippen LogP contribution is 2.39. The van der Waals surface area contributed by atoms with E-state index in [0.29, 0.717) is 19.4 Å². The lowest BCUT2D eigenvalue weighted by Gasteiger charge is -2.19. The van der Waals surface area contributed by atoms with E-state index in [1.165, 1.54) is 13.8 Å². The molecule has 0 saturated carbocycles. The molecule has 0 bridgehead atoms. The minimum atomic E-state index is -4.38. The van der Waals surface area contributed by atoms with Crippen molar-refractivity contribution in [3.63, 3.8) is 0 Å². The van der Waals surface area contributed by atoms with Crippen LogP contribution in [0.25, 0.3) is 0 Å². The standard InChI is InChI=1S/C11H19F3O3/c1-10(2)16-8(6-4-5-7-15-3)9(17-10)11(12,13)14/h8-9H,4-7H2,1-3H3/t8-,9-/m0/s1. The van der Waals surface area contributed by atoms with E-state index in [2.05, 4.69) is 0 Å². The minimum Gasteiger partial charge on any atom is -0.385 e. The molecule has 1 fully saturated rings. The normalized spacial score (nSPS) is 28.6. The van der Waals surface area contributed by atoms with Crippen LogP contribution in [0.4, 0.5) is 13.2 Å². The number of hydrogen-bond donors (Lipinski definition) is 0. The quantitative estimate of drug-likeness (QED) is 0.708. The van der Waals surface area contributed by atoms with Gasteiger partial charge < -0.3 is 14.2 Å². The molecule has 2 atom stereocenters. The van der Waals surface area contributed by atoms with E-state index in [1.807, 2.05) is 0 Å². The van der Waals surface area contributed by atoms with Crippen molar-refractivity contribution >= 4 is 0 Å². The van der Waals surface area contributed by atoms with Crippen LogP contribution in [-0.4, -0.2) is 37.9 Å². The first-order valence-electron chi connectivity index (χ1n) is 5.67. The highest BCUT2D eigenvalue weighted by atomic mass is 19.4. The van der Waals surface area contributed by atoms with Gasteiger partial charge in [0, 0.05) is 13.7 Å². The van der Waals surface area contributed by atoms with Gasteiger partial charge in [-0.25, -0.2) is 0 Å². The Kier molecular flexibility index (Phi) is 4.80. The molecule has 6 heteroatoms. The number of methoxy groups -OCH3 is 1. The average molecular weight is 256 g/mol. The predicted molar refractivity (Wildman–Crippen MR) is 55.6 cm³/mol. The Morgan fingerprint density at radius 3 is 2.35 bits per heavy atom. The largest absolute Gasteiger partial charge is 0.417 e. The van der Waals surface area contributed by atoms with Gasteiger partial charge in [0.15, 0.2) is 11.9 Å². The Morgan fingerprint density at radius 1 is 1.18 bits per heavy atom. The maximum atomic E-state index is 12.7. The van der Waals surface area contributed by atoms with Gasteiger partial charge in [-0.15, -0.1) is 0 Å². The molecule has 0 aromatic carbocycles. The van der Waals surface area contributed by atoms with E-state index in [4.69, 9.17) is 14.2 Å². The van der Waals surface area contributed by atoms with Crippen LogP contribution in [0.1, 0.15) is 33.1 Å². The van der Waals surface area contributed by atoms with E-state index >= 15 is 0 Å². The molecule has 0 aromatic heterocycles. The molecule has 1 heterocycles. The van der Waals surface area contributed by atoms with Crippen molar-refractivity contribution in [2.45, 2.75) is 57.3 Å². The molecule has 1 aliphatic heterocycles.